The molecule has 5 nitrogen and oxygen atoms in total. The summed E-state index contributed by atoms with van der Waals surface area (Å²) < 4.78 is 6.20. The van der Waals surface area contributed by atoms with Crippen LogP contribution in [0, 0.1) is 0 Å². The zero-order chi connectivity index (χ0) is 21.7. The summed E-state index contributed by atoms with van der Waals surface area (Å²) in [6.45, 7) is 0.610. The molecule has 1 N–H and O–H groups in total. The largest absolute Gasteiger partial charge is 0.489 e. The van der Waals surface area contributed by atoms with Crippen LogP contribution in [0.5, 0.6) is 5.75 Å². The number of carbonyl (C=O) groups excluding carboxylic acids is 1. The standard InChI is InChI=1S/C21H17Cl2NO4S2/c22-15-6-5-14(17(23)11-15)12-28-16-7-3-13(4-8-16)10-18-20(27)24(21(29)30-18)9-1-2-19(25)26/h3-8,10-11H,1-2,9,12H2,(H,25,26). The molecule has 9 heteroatoms. The highest BCUT2D eigenvalue weighted by atomic mass is 35.5. The van der Waals surface area contributed by atoms with Gasteiger partial charge in [-0.1, -0.05) is 65.4 Å². The number of amides is 1. The van der Waals surface area contributed by atoms with Crippen molar-refractivity contribution in [2.24, 2.45) is 0 Å². The highest BCUT2D eigenvalue weighted by Crippen LogP contribution is 2.33. The van der Waals surface area contributed by atoms with Crippen LogP contribution in [0.1, 0.15) is 24.0 Å². The molecule has 0 aromatic heterocycles. The van der Waals surface area contributed by atoms with Crippen LogP contribution in [-0.2, 0) is 16.2 Å². The Hall–Kier alpha value is -2.06. The predicted octanol–water partition coefficient (Wildman–Crippen LogP) is 5.64. The molecule has 1 saturated heterocycles. The van der Waals surface area contributed by atoms with Crippen molar-refractivity contribution in [1.82, 2.24) is 4.90 Å². The summed E-state index contributed by atoms with van der Waals surface area (Å²) in [5, 5.41) is 9.86. The SMILES string of the molecule is O=C(O)CCCN1C(=O)C(=Cc2ccc(OCc3ccc(Cl)cc3Cl)cc2)SC1=S. The number of ether oxygens (including phenoxy) is 1. The van der Waals surface area contributed by atoms with Gasteiger partial charge in [-0.25, -0.2) is 0 Å². The number of nitrogens with zero attached hydrogens (tertiary/aromatic N) is 1. The summed E-state index contributed by atoms with van der Waals surface area (Å²) >= 11 is 18.5. The molecular formula is C21H17Cl2NO4S2. The lowest BCUT2D eigenvalue weighted by molar-refractivity contribution is -0.137. The van der Waals surface area contributed by atoms with E-state index in [1.807, 2.05) is 30.3 Å². The molecule has 156 valence electrons. The topological polar surface area (TPSA) is 66.8 Å². The minimum absolute atomic E-state index is 0.00119. The molecule has 1 fully saturated rings. The van der Waals surface area contributed by atoms with Crippen LogP contribution >= 0.6 is 47.2 Å². The van der Waals surface area contributed by atoms with Crippen molar-refractivity contribution in [1.29, 1.82) is 0 Å². The Morgan fingerprint density at radius 3 is 2.60 bits per heavy atom. The van der Waals surface area contributed by atoms with Crippen LogP contribution in [0.4, 0.5) is 0 Å². The van der Waals surface area contributed by atoms with Crippen LogP contribution in [-0.4, -0.2) is 32.7 Å². The highest BCUT2D eigenvalue weighted by molar-refractivity contribution is 8.26. The van der Waals surface area contributed by atoms with Crippen molar-refractivity contribution >= 4 is 69.5 Å². The molecule has 2 aromatic rings. The van der Waals surface area contributed by atoms with E-state index < -0.39 is 5.97 Å². The maximum atomic E-state index is 12.5. The molecule has 3 rings (SSSR count). The first kappa shape index (κ1) is 22.6. The molecule has 1 aliphatic rings. The highest BCUT2D eigenvalue weighted by Gasteiger charge is 2.31. The van der Waals surface area contributed by atoms with E-state index in [0.29, 0.717) is 44.6 Å². The first-order valence-corrected chi connectivity index (χ1v) is 11.0. The van der Waals surface area contributed by atoms with Gasteiger partial charge in [0.05, 0.1) is 4.91 Å². The quantitative estimate of drug-likeness (QED) is 0.388. The maximum Gasteiger partial charge on any atom is 0.303 e. The van der Waals surface area contributed by atoms with Crippen molar-refractivity contribution in [3.63, 3.8) is 0 Å². The molecule has 1 aliphatic heterocycles. The number of rotatable bonds is 8. The zero-order valence-electron chi connectivity index (χ0n) is 15.6. The molecule has 0 spiro atoms. The van der Waals surface area contributed by atoms with E-state index in [1.165, 1.54) is 16.7 Å². The summed E-state index contributed by atoms with van der Waals surface area (Å²) in [5.74, 6) is -0.427. The number of carbonyl (C=O) groups is 2. The molecule has 0 aliphatic carbocycles. The number of carboxylic acids is 1. The number of carboxylic acid groups (broad SMARTS) is 1. The Kier molecular flexibility index (Phi) is 7.77. The van der Waals surface area contributed by atoms with E-state index in [0.717, 1.165) is 11.1 Å². The van der Waals surface area contributed by atoms with Gasteiger partial charge in [-0.15, -0.1) is 0 Å². The van der Waals surface area contributed by atoms with Crippen LogP contribution in [0.25, 0.3) is 6.08 Å². The number of aliphatic carboxylic acids is 1. The van der Waals surface area contributed by atoms with E-state index in [-0.39, 0.29) is 12.3 Å². The number of hydrogen-bond acceptors (Lipinski definition) is 5. The fraction of sp³-hybridized carbons (Fsp3) is 0.190. The summed E-state index contributed by atoms with van der Waals surface area (Å²) in [6, 6.07) is 12.5. The van der Waals surface area contributed by atoms with Crippen molar-refractivity contribution in [2.75, 3.05) is 6.54 Å². The van der Waals surface area contributed by atoms with Gasteiger partial charge >= 0.3 is 5.97 Å². The Bertz CT molecular complexity index is 1010. The van der Waals surface area contributed by atoms with Gasteiger partial charge < -0.3 is 9.84 Å². The maximum absolute atomic E-state index is 12.5. The fourth-order valence-corrected chi connectivity index (χ4v) is 4.46. The molecule has 0 saturated carbocycles. The van der Waals surface area contributed by atoms with Crippen LogP contribution < -0.4 is 4.74 Å². The molecule has 1 heterocycles. The number of benzene rings is 2. The Morgan fingerprint density at radius 1 is 1.20 bits per heavy atom. The van der Waals surface area contributed by atoms with Gasteiger partial charge in [0.1, 0.15) is 16.7 Å². The third-order valence-corrected chi connectivity index (χ3v) is 6.20. The van der Waals surface area contributed by atoms with Gasteiger partial charge in [0.2, 0.25) is 0 Å². The number of thiocarbonyl (C=S) groups is 1. The zero-order valence-corrected chi connectivity index (χ0v) is 18.8. The Morgan fingerprint density at radius 2 is 1.93 bits per heavy atom. The van der Waals surface area contributed by atoms with Gasteiger partial charge in [0.15, 0.2) is 0 Å². The minimum Gasteiger partial charge on any atom is -0.489 e. The van der Waals surface area contributed by atoms with E-state index in [4.69, 9.17) is 45.3 Å². The van der Waals surface area contributed by atoms with E-state index in [2.05, 4.69) is 0 Å². The average Bonchev–Trinajstić information content (AvgIpc) is 2.95. The minimum atomic E-state index is -0.892. The lowest BCUT2D eigenvalue weighted by atomic mass is 10.2. The fourth-order valence-electron chi connectivity index (χ4n) is 2.69. The smallest absolute Gasteiger partial charge is 0.303 e. The second-order valence-corrected chi connectivity index (χ2v) is 8.94. The van der Waals surface area contributed by atoms with Crippen LogP contribution in [0.15, 0.2) is 47.4 Å². The first-order valence-electron chi connectivity index (χ1n) is 8.97. The molecule has 1 amide bonds. The predicted molar refractivity (Wildman–Crippen MR) is 124 cm³/mol. The molecule has 2 aromatic carbocycles. The van der Waals surface area contributed by atoms with Crippen LogP contribution in [0.3, 0.4) is 0 Å². The van der Waals surface area contributed by atoms with E-state index in [1.54, 1.807) is 18.2 Å². The summed E-state index contributed by atoms with van der Waals surface area (Å²) in [5.41, 5.74) is 1.66. The van der Waals surface area contributed by atoms with Gasteiger partial charge in [-0.2, -0.15) is 0 Å². The van der Waals surface area contributed by atoms with Crippen molar-refractivity contribution in [3.8, 4) is 5.75 Å². The van der Waals surface area contributed by atoms with E-state index >= 15 is 0 Å². The van der Waals surface area contributed by atoms with Gasteiger partial charge in [-0.05, 0) is 42.3 Å². The Labute approximate surface area is 193 Å². The summed E-state index contributed by atoms with van der Waals surface area (Å²) in [7, 11) is 0. The number of hydrogen-bond donors (Lipinski definition) is 1. The lowest BCUT2D eigenvalue weighted by Gasteiger charge is -2.13. The van der Waals surface area contributed by atoms with Gasteiger partial charge in [-0.3, -0.25) is 14.5 Å². The Balaban J connectivity index is 1.60. The van der Waals surface area contributed by atoms with Crippen molar-refractivity contribution in [2.45, 2.75) is 19.4 Å². The molecular weight excluding hydrogens is 465 g/mol. The van der Waals surface area contributed by atoms with E-state index in [9.17, 15) is 9.59 Å². The third kappa shape index (κ3) is 5.98. The van der Waals surface area contributed by atoms with Crippen molar-refractivity contribution in [3.05, 3.63) is 68.5 Å². The molecule has 0 unspecified atom stereocenters. The summed E-state index contributed by atoms with van der Waals surface area (Å²) in [6.07, 6.45) is 2.12. The summed E-state index contributed by atoms with van der Waals surface area (Å²) in [4.78, 5) is 25.1. The normalized spacial score (nSPS) is 15.1. The van der Waals surface area contributed by atoms with Gasteiger partial charge in [0, 0.05) is 28.6 Å². The number of thioether (sulfide) groups is 1. The monoisotopic (exact) mass is 481 g/mol. The lowest BCUT2D eigenvalue weighted by Crippen LogP contribution is -2.29. The second kappa shape index (κ2) is 10.3. The van der Waals surface area contributed by atoms with Crippen LogP contribution in [0.2, 0.25) is 10.0 Å². The molecule has 0 bridgehead atoms. The number of halogens is 2. The molecule has 30 heavy (non-hydrogen) atoms. The van der Waals surface area contributed by atoms with Crippen molar-refractivity contribution < 1.29 is 19.4 Å². The second-order valence-electron chi connectivity index (χ2n) is 6.42. The molecule has 0 radical (unpaired) electrons. The molecule has 0 atom stereocenters. The van der Waals surface area contributed by atoms with Gasteiger partial charge in [0.25, 0.3) is 5.91 Å². The first-order chi connectivity index (χ1) is 14.3. The third-order valence-electron chi connectivity index (χ3n) is 4.23. The average molecular weight is 482 g/mol.